The zero-order valence-electron chi connectivity index (χ0n) is 45.1. The van der Waals surface area contributed by atoms with Crippen LogP contribution in [0.25, 0.3) is 72.1 Å². The van der Waals surface area contributed by atoms with Crippen molar-refractivity contribution in [2.24, 2.45) is 0 Å². The molecule has 11 aromatic rings. The number of ether oxygens (including phenoxy) is 1. The van der Waals surface area contributed by atoms with Crippen LogP contribution in [0, 0.1) is 25.7 Å². The van der Waals surface area contributed by atoms with E-state index in [4.69, 9.17) is 13.8 Å². The van der Waals surface area contributed by atoms with Gasteiger partial charge in [-0.1, -0.05) is 195 Å². The summed E-state index contributed by atoms with van der Waals surface area (Å²) in [7, 11) is 0. The summed E-state index contributed by atoms with van der Waals surface area (Å²) in [5.74, 6) is 0.517. The monoisotopic (exact) mass is 1100 g/mol. The molecule has 1 aliphatic rings. The van der Waals surface area contributed by atoms with Crippen LogP contribution in [0.5, 0.6) is 11.5 Å². The maximum Gasteiger partial charge on any atom is 0.135 e. The van der Waals surface area contributed by atoms with Crippen LogP contribution in [0.4, 0.5) is 22.7 Å². The molecular weight excluding hydrogens is 1050 g/mol. The molecule has 0 saturated heterocycles. The van der Waals surface area contributed by atoms with Crippen molar-refractivity contribution in [2.45, 2.75) is 33.0 Å². The largest absolute Gasteiger partial charge is 0.509 e. The number of hydrogen-bond donors (Lipinski definition) is 0. The van der Waals surface area contributed by atoms with E-state index in [1.807, 2.05) is 137 Å². The van der Waals surface area contributed by atoms with Gasteiger partial charge >= 0.3 is 0 Å². The first-order chi connectivity index (χ1) is 36.7. The van der Waals surface area contributed by atoms with Crippen LogP contribution >= 0.6 is 0 Å². The third kappa shape index (κ3) is 8.41. The number of pyridine rings is 1. The number of fused-ring (bicyclic) bond motifs is 4. The number of aryl methyl sites for hydroxylation is 1. The van der Waals surface area contributed by atoms with Crippen molar-refractivity contribution in [1.29, 1.82) is 0 Å². The predicted octanol–water partition coefficient (Wildman–Crippen LogP) is 17.3. The van der Waals surface area contributed by atoms with Crippen LogP contribution in [-0.4, -0.2) is 9.55 Å². The second-order valence-corrected chi connectivity index (χ2v) is 18.5. The number of hydrogen-bond acceptors (Lipinski definition) is 4. The maximum absolute atomic E-state index is 9.44. The summed E-state index contributed by atoms with van der Waals surface area (Å²) in [4.78, 5) is 8.94. The van der Waals surface area contributed by atoms with E-state index in [0.717, 1.165) is 77.9 Å². The third-order valence-electron chi connectivity index (χ3n) is 13.0. The van der Waals surface area contributed by atoms with E-state index in [0.29, 0.717) is 16.9 Å². The number of nitrogens with zero attached hydrogens (tertiary/aromatic N) is 4. The van der Waals surface area contributed by atoms with E-state index >= 15 is 0 Å². The minimum Gasteiger partial charge on any atom is -0.509 e. The van der Waals surface area contributed by atoms with Gasteiger partial charge in [-0.05, 0) is 78.0 Å². The topological polar surface area (TPSA) is 33.5 Å². The van der Waals surface area contributed by atoms with Crippen LogP contribution in [0.2, 0.25) is 0 Å². The molecule has 0 unspecified atom stereocenters. The van der Waals surface area contributed by atoms with E-state index in [-0.39, 0.29) is 67.4 Å². The third-order valence-corrected chi connectivity index (χ3v) is 13.0. The molecule has 5 nitrogen and oxygen atoms in total. The van der Waals surface area contributed by atoms with Gasteiger partial charge in [-0.2, -0.15) is 6.04 Å². The molecule has 0 bridgehead atoms. The summed E-state index contributed by atoms with van der Waals surface area (Å²) in [6, 6.07) is 70.0. The standard InChI is InChI=1S/C65H49N4O.Pt/c1-44-38-62(66-42-57(44)47-24-12-7-13-25-47)69-58-31-15-14-28-55(58)63-56(48-34-36-49(37-35-48)65(2,3)4)40-52(41-61(63)69)70-51-27-18-26-50(39-51)67-43-68(60-33-17-16-32-59(60)67)64-53(45-20-8-5-9-21-45)29-19-30-54(64)46-22-10-6-11-23-46;/h5-38,40,42-43H,1-4H3;/q-3;/i1D3,18D,26D,27D;. The van der Waals surface area contributed by atoms with Crippen LogP contribution < -0.4 is 14.5 Å². The second kappa shape index (κ2) is 18.7. The van der Waals surface area contributed by atoms with Gasteiger partial charge in [0.15, 0.2) is 0 Å². The molecule has 2 aromatic heterocycles. The van der Waals surface area contributed by atoms with E-state index in [1.54, 1.807) is 12.3 Å². The Hall–Kier alpha value is -7.98. The molecule has 348 valence electrons. The summed E-state index contributed by atoms with van der Waals surface area (Å²) in [5.41, 5.74) is 12.3. The first kappa shape index (κ1) is 38.8. The Balaban J connectivity index is 0.00000631. The van der Waals surface area contributed by atoms with Gasteiger partial charge in [-0.3, -0.25) is 0 Å². The number of anilines is 4. The normalized spacial score (nSPS) is 13.7. The fourth-order valence-electron chi connectivity index (χ4n) is 9.64. The molecule has 0 aliphatic carbocycles. The van der Waals surface area contributed by atoms with Gasteiger partial charge in [0.2, 0.25) is 0 Å². The maximum atomic E-state index is 9.44. The fraction of sp³-hybridized carbons (Fsp3) is 0.0769. The Kier molecular flexibility index (Phi) is 10.2. The molecule has 0 spiro atoms. The van der Waals surface area contributed by atoms with Crippen molar-refractivity contribution in [3.05, 3.63) is 248 Å². The van der Waals surface area contributed by atoms with Gasteiger partial charge in [0.1, 0.15) is 5.82 Å². The van der Waals surface area contributed by atoms with Crippen molar-refractivity contribution < 1.29 is 34.0 Å². The van der Waals surface area contributed by atoms with E-state index in [2.05, 4.69) is 105 Å². The Bertz CT molecular complexity index is 3950. The van der Waals surface area contributed by atoms with E-state index in [1.165, 1.54) is 0 Å². The molecule has 12 rings (SSSR count). The minimum atomic E-state index is -2.48. The number of para-hydroxylation sites is 4. The minimum absolute atomic E-state index is 0. The summed E-state index contributed by atoms with van der Waals surface area (Å²) >= 11 is 0. The molecule has 1 aliphatic heterocycles. The smallest absolute Gasteiger partial charge is 0.135 e. The van der Waals surface area contributed by atoms with E-state index < -0.39 is 6.85 Å². The van der Waals surface area contributed by atoms with Gasteiger partial charge < -0.3 is 19.1 Å². The van der Waals surface area contributed by atoms with Gasteiger partial charge in [0, 0.05) is 83.5 Å². The number of benzene rings is 9. The molecule has 0 radical (unpaired) electrons. The fourth-order valence-corrected chi connectivity index (χ4v) is 9.64. The molecule has 9 aromatic carbocycles. The number of rotatable bonds is 9. The molecular formula is C65H49N4OPt-3. The second-order valence-electron chi connectivity index (χ2n) is 18.5. The van der Waals surface area contributed by atoms with Crippen molar-refractivity contribution in [1.82, 2.24) is 9.55 Å². The summed E-state index contributed by atoms with van der Waals surface area (Å²) in [6.07, 6.45) is 1.62. The molecule has 3 heterocycles. The van der Waals surface area contributed by atoms with Crippen LogP contribution in [-0.2, 0) is 26.5 Å². The van der Waals surface area contributed by atoms with Gasteiger partial charge in [0.05, 0.1) is 0 Å². The van der Waals surface area contributed by atoms with Crippen LogP contribution in [0.1, 0.15) is 40.1 Å². The van der Waals surface area contributed by atoms with Crippen LogP contribution in [0.3, 0.4) is 0 Å². The average molecular weight is 1100 g/mol. The molecule has 0 N–H and O–H groups in total. The first-order valence-corrected chi connectivity index (χ1v) is 23.4. The Morgan fingerprint density at radius 1 is 0.577 bits per heavy atom. The van der Waals surface area contributed by atoms with Gasteiger partial charge in [-0.15, -0.1) is 48.2 Å². The molecule has 71 heavy (non-hydrogen) atoms. The Morgan fingerprint density at radius 2 is 1.17 bits per heavy atom. The Morgan fingerprint density at radius 3 is 1.82 bits per heavy atom. The zero-order chi connectivity index (χ0) is 52.5. The molecule has 6 heteroatoms. The first-order valence-electron chi connectivity index (χ1n) is 26.4. The molecule has 0 atom stereocenters. The summed E-state index contributed by atoms with van der Waals surface area (Å²) in [6.45, 7) is 5.97. The van der Waals surface area contributed by atoms with E-state index in [9.17, 15) is 4.11 Å². The van der Waals surface area contributed by atoms with Crippen molar-refractivity contribution in [3.8, 4) is 61.8 Å². The molecule has 0 fully saturated rings. The predicted molar refractivity (Wildman–Crippen MR) is 289 cm³/mol. The van der Waals surface area contributed by atoms with Crippen molar-refractivity contribution in [3.63, 3.8) is 0 Å². The number of aromatic nitrogens is 2. The van der Waals surface area contributed by atoms with Crippen molar-refractivity contribution in [2.75, 3.05) is 9.80 Å². The zero-order valence-corrected chi connectivity index (χ0v) is 41.4. The van der Waals surface area contributed by atoms with Crippen LogP contribution in [0.15, 0.2) is 218 Å². The van der Waals surface area contributed by atoms with Gasteiger partial charge in [-0.25, -0.2) is 4.98 Å². The summed E-state index contributed by atoms with van der Waals surface area (Å²) in [5, 5.41) is 1.72. The average Bonchev–Trinajstić information content (AvgIpc) is 4.01. The SMILES string of the molecule is [2H]c1c(Oc2[c-]c3c(c(-c4ccc(C(C)(C)C)cc4)c2)c2ccccc2n3-c2cc(C([2H])([2H])[2H])c(-c3ccccc3)cn2)[c-]c(N2[CH-]N(c3c(-c4ccccc4)cccc3-c3ccccc3)c3ccccc32)c([2H])c1[2H].[Pt]. The van der Waals surface area contributed by atoms with Crippen molar-refractivity contribution >= 4 is 44.6 Å². The summed E-state index contributed by atoms with van der Waals surface area (Å²) < 4.78 is 62.9. The Labute approximate surface area is 439 Å². The quantitative estimate of drug-likeness (QED) is 0.135. The van der Waals surface area contributed by atoms with Gasteiger partial charge in [0.25, 0.3) is 0 Å². The molecule has 0 saturated carbocycles. The molecule has 0 amide bonds.